The predicted octanol–water partition coefficient (Wildman–Crippen LogP) is 2.39. The number of thioether (sulfide) groups is 1. The molecule has 3 rings (SSSR count). The molecule has 0 spiro atoms. The molecule has 0 aromatic carbocycles. The highest BCUT2D eigenvalue weighted by molar-refractivity contribution is 7.99. The molecule has 1 N–H and O–H groups in total. The molecule has 1 fully saturated rings. The lowest BCUT2D eigenvalue weighted by molar-refractivity contribution is 0.477. The average Bonchev–Trinajstić information content (AvgIpc) is 2.75. The number of aromatic nitrogens is 3. The summed E-state index contributed by atoms with van der Waals surface area (Å²) in [5.74, 6) is 2.36. The maximum absolute atomic E-state index is 9.65. The first-order valence-electron chi connectivity index (χ1n) is 5.50. The number of pyridine rings is 1. The summed E-state index contributed by atoms with van der Waals surface area (Å²) in [5, 5.41) is 18.3. The monoisotopic (exact) mass is 235 g/mol. The summed E-state index contributed by atoms with van der Waals surface area (Å²) in [6.07, 6.45) is 5.62. The maximum Gasteiger partial charge on any atom is 0.203 e. The summed E-state index contributed by atoms with van der Waals surface area (Å²) in [6, 6.07) is 3.46. The van der Waals surface area contributed by atoms with Gasteiger partial charge in [0.25, 0.3) is 0 Å². The van der Waals surface area contributed by atoms with Gasteiger partial charge in [0.2, 0.25) is 5.65 Å². The van der Waals surface area contributed by atoms with Crippen LogP contribution < -0.4 is 0 Å². The van der Waals surface area contributed by atoms with Crippen LogP contribution in [-0.4, -0.2) is 25.5 Å². The fraction of sp³-hybridized carbons (Fsp3) is 0.455. The van der Waals surface area contributed by atoms with E-state index >= 15 is 0 Å². The number of nitrogens with zero attached hydrogens (tertiary/aromatic N) is 3. The Hall–Kier alpha value is -1.23. The third kappa shape index (κ3) is 1.55. The smallest absolute Gasteiger partial charge is 0.203 e. The Kier molecular flexibility index (Phi) is 2.47. The molecule has 0 radical (unpaired) electrons. The number of hydrogen-bond acceptors (Lipinski definition) is 4. The van der Waals surface area contributed by atoms with Gasteiger partial charge in [-0.2, -0.15) is 11.8 Å². The van der Waals surface area contributed by atoms with Crippen LogP contribution in [0.3, 0.4) is 0 Å². The van der Waals surface area contributed by atoms with Crippen molar-refractivity contribution in [2.75, 3.05) is 5.75 Å². The van der Waals surface area contributed by atoms with E-state index in [1.807, 2.05) is 28.4 Å². The zero-order valence-corrected chi connectivity index (χ0v) is 9.65. The van der Waals surface area contributed by atoms with Crippen molar-refractivity contribution < 1.29 is 5.11 Å². The Morgan fingerprint density at radius 1 is 1.38 bits per heavy atom. The van der Waals surface area contributed by atoms with Gasteiger partial charge < -0.3 is 5.11 Å². The maximum atomic E-state index is 9.65. The highest BCUT2D eigenvalue weighted by Gasteiger charge is 2.21. The minimum absolute atomic E-state index is 0.196. The summed E-state index contributed by atoms with van der Waals surface area (Å²) < 4.78 is 1.90. The molecule has 1 aliphatic heterocycles. The highest BCUT2D eigenvalue weighted by atomic mass is 32.2. The van der Waals surface area contributed by atoms with Gasteiger partial charge in [-0.15, -0.1) is 10.2 Å². The van der Waals surface area contributed by atoms with E-state index in [1.165, 1.54) is 18.6 Å². The van der Waals surface area contributed by atoms with Crippen LogP contribution >= 0.6 is 11.8 Å². The van der Waals surface area contributed by atoms with Crippen LogP contribution in [0.25, 0.3) is 5.65 Å². The SMILES string of the molecule is Oc1cccn2c(C3CCCCS3)nnc12. The zero-order chi connectivity index (χ0) is 11.0. The van der Waals surface area contributed by atoms with Gasteiger partial charge in [-0.25, -0.2) is 0 Å². The van der Waals surface area contributed by atoms with Crippen LogP contribution in [0.15, 0.2) is 18.3 Å². The molecule has 0 bridgehead atoms. The van der Waals surface area contributed by atoms with Crippen LogP contribution in [0.4, 0.5) is 0 Å². The predicted molar refractivity (Wildman–Crippen MR) is 63.7 cm³/mol. The van der Waals surface area contributed by atoms with E-state index in [1.54, 1.807) is 6.07 Å². The van der Waals surface area contributed by atoms with Gasteiger partial charge in [0, 0.05) is 6.20 Å². The van der Waals surface area contributed by atoms with Crippen molar-refractivity contribution in [1.29, 1.82) is 0 Å². The molecule has 1 atom stereocenters. The van der Waals surface area contributed by atoms with E-state index in [9.17, 15) is 5.11 Å². The first-order valence-corrected chi connectivity index (χ1v) is 6.55. The Balaban J connectivity index is 2.06. The molecule has 1 saturated heterocycles. The normalized spacial score (nSPS) is 21.4. The van der Waals surface area contributed by atoms with Crippen molar-refractivity contribution in [2.24, 2.45) is 0 Å². The largest absolute Gasteiger partial charge is 0.504 e. The van der Waals surface area contributed by atoms with Gasteiger partial charge in [-0.3, -0.25) is 4.40 Å². The Labute approximate surface area is 97.7 Å². The van der Waals surface area contributed by atoms with Crippen molar-refractivity contribution >= 4 is 17.4 Å². The van der Waals surface area contributed by atoms with Crippen LogP contribution in [0.2, 0.25) is 0 Å². The number of aromatic hydroxyl groups is 1. The van der Waals surface area contributed by atoms with Gasteiger partial charge >= 0.3 is 0 Å². The fourth-order valence-corrected chi connectivity index (χ4v) is 3.38. The first-order chi connectivity index (χ1) is 7.86. The fourth-order valence-electron chi connectivity index (χ4n) is 2.08. The summed E-state index contributed by atoms with van der Waals surface area (Å²) in [7, 11) is 0. The van der Waals surface area contributed by atoms with E-state index in [4.69, 9.17) is 0 Å². The molecular weight excluding hydrogens is 222 g/mol. The van der Waals surface area contributed by atoms with Crippen molar-refractivity contribution in [2.45, 2.75) is 24.5 Å². The second-order valence-electron chi connectivity index (χ2n) is 4.00. The molecule has 5 heteroatoms. The van der Waals surface area contributed by atoms with E-state index in [-0.39, 0.29) is 5.75 Å². The lowest BCUT2D eigenvalue weighted by Crippen LogP contribution is -2.06. The van der Waals surface area contributed by atoms with Crippen LogP contribution in [0.5, 0.6) is 5.75 Å². The molecule has 16 heavy (non-hydrogen) atoms. The van der Waals surface area contributed by atoms with Crippen LogP contribution in [0.1, 0.15) is 30.3 Å². The van der Waals surface area contributed by atoms with Gasteiger partial charge in [0.15, 0.2) is 11.6 Å². The first kappa shape index (κ1) is 9.96. The standard InChI is InChI=1S/C11H13N3OS/c15-8-4-3-6-14-10(8)12-13-11(14)9-5-1-2-7-16-9/h3-4,6,9,15H,1-2,5,7H2. The lowest BCUT2D eigenvalue weighted by Gasteiger charge is -2.19. The minimum atomic E-state index is 0.196. The zero-order valence-electron chi connectivity index (χ0n) is 8.83. The van der Waals surface area contributed by atoms with Gasteiger partial charge in [0.05, 0.1) is 5.25 Å². The number of fused-ring (bicyclic) bond motifs is 1. The molecule has 4 nitrogen and oxygen atoms in total. The molecule has 0 aliphatic carbocycles. The Bertz CT molecular complexity index is 505. The Morgan fingerprint density at radius 2 is 2.31 bits per heavy atom. The van der Waals surface area contributed by atoms with Crippen molar-refractivity contribution in [3.05, 3.63) is 24.2 Å². The van der Waals surface area contributed by atoms with Gasteiger partial charge in [-0.05, 0) is 30.7 Å². The molecule has 3 heterocycles. The van der Waals surface area contributed by atoms with E-state index in [0.717, 1.165) is 12.2 Å². The number of hydrogen-bond donors (Lipinski definition) is 1. The molecule has 84 valence electrons. The van der Waals surface area contributed by atoms with E-state index in [2.05, 4.69) is 10.2 Å². The van der Waals surface area contributed by atoms with Crippen LogP contribution in [0, 0.1) is 0 Å². The molecule has 0 amide bonds. The summed E-state index contributed by atoms with van der Waals surface area (Å²) in [6.45, 7) is 0. The van der Waals surface area contributed by atoms with Gasteiger partial charge in [0.1, 0.15) is 0 Å². The molecule has 1 unspecified atom stereocenters. The minimum Gasteiger partial charge on any atom is -0.504 e. The molecule has 2 aromatic heterocycles. The Morgan fingerprint density at radius 3 is 3.12 bits per heavy atom. The average molecular weight is 235 g/mol. The molecular formula is C11H13N3OS. The van der Waals surface area contributed by atoms with Crippen molar-refractivity contribution in [3.63, 3.8) is 0 Å². The van der Waals surface area contributed by atoms with Crippen LogP contribution in [-0.2, 0) is 0 Å². The topological polar surface area (TPSA) is 50.4 Å². The van der Waals surface area contributed by atoms with E-state index < -0.39 is 0 Å². The summed E-state index contributed by atoms with van der Waals surface area (Å²) in [4.78, 5) is 0. The van der Waals surface area contributed by atoms with Gasteiger partial charge in [-0.1, -0.05) is 6.42 Å². The second kappa shape index (κ2) is 3.97. The van der Waals surface area contributed by atoms with Crippen molar-refractivity contribution in [1.82, 2.24) is 14.6 Å². The quantitative estimate of drug-likeness (QED) is 0.824. The molecule has 0 saturated carbocycles. The lowest BCUT2D eigenvalue weighted by atomic mass is 10.2. The third-order valence-electron chi connectivity index (χ3n) is 2.91. The highest BCUT2D eigenvalue weighted by Crippen LogP contribution is 2.37. The second-order valence-corrected chi connectivity index (χ2v) is 5.31. The molecule has 1 aliphatic rings. The number of rotatable bonds is 1. The molecule has 2 aromatic rings. The summed E-state index contributed by atoms with van der Waals surface area (Å²) in [5.41, 5.74) is 0.559. The third-order valence-corrected chi connectivity index (χ3v) is 4.28. The van der Waals surface area contributed by atoms with Crippen molar-refractivity contribution in [3.8, 4) is 5.75 Å². The summed E-state index contributed by atoms with van der Waals surface area (Å²) >= 11 is 1.94. The van der Waals surface area contributed by atoms with E-state index in [0.29, 0.717) is 10.9 Å².